The van der Waals surface area contributed by atoms with E-state index in [0.29, 0.717) is 30.8 Å². The van der Waals surface area contributed by atoms with Crippen LogP contribution in [0.5, 0.6) is 11.6 Å². The normalized spacial score (nSPS) is 14.2. The third-order valence-corrected chi connectivity index (χ3v) is 7.08. The Morgan fingerprint density at radius 3 is 2.43 bits per heavy atom. The number of aromatic hydroxyl groups is 1. The number of piperidine rings is 1. The predicted octanol–water partition coefficient (Wildman–Crippen LogP) is 4.60. The molecule has 4 aromatic rings. The Labute approximate surface area is 215 Å². The number of nitrogens with one attached hydrogen (secondary N) is 2. The number of rotatable bonds is 6. The summed E-state index contributed by atoms with van der Waals surface area (Å²) in [5, 5.41) is 29.5. The van der Waals surface area contributed by atoms with E-state index in [1.165, 1.54) is 0 Å². The zero-order valence-electron chi connectivity index (χ0n) is 20.9. The summed E-state index contributed by atoms with van der Waals surface area (Å²) in [4.78, 5) is 1.86. The quantitative estimate of drug-likeness (QED) is 0.196. The van der Waals surface area contributed by atoms with Crippen LogP contribution in [0.4, 0.5) is 0 Å². The van der Waals surface area contributed by atoms with Crippen LogP contribution in [0.25, 0.3) is 27.2 Å². The molecule has 1 aromatic heterocycles. The van der Waals surface area contributed by atoms with E-state index in [4.69, 9.17) is 27.0 Å². The number of amidine groups is 1. The second-order valence-electron chi connectivity index (χ2n) is 9.74. The number of nitrogen functional groups attached to an aromatic ring is 1. The number of ether oxygens (including phenoxy) is 1. The second kappa shape index (κ2) is 9.54. The summed E-state index contributed by atoms with van der Waals surface area (Å²) in [5.41, 5.74) is 15.4. The molecule has 1 aliphatic heterocycles. The van der Waals surface area contributed by atoms with Crippen LogP contribution in [-0.4, -0.2) is 45.6 Å². The highest BCUT2D eigenvalue weighted by Gasteiger charge is 2.23. The number of allylic oxidation sites excluding steroid dienone is 1. The molecule has 0 aliphatic carbocycles. The molecule has 8 heteroatoms. The topological polar surface area (TPSA) is 137 Å². The highest BCUT2D eigenvalue weighted by molar-refractivity contribution is 5.99. The Morgan fingerprint density at radius 2 is 1.76 bits per heavy atom. The van der Waals surface area contributed by atoms with Crippen molar-refractivity contribution in [3.63, 3.8) is 0 Å². The largest absolute Gasteiger partial charge is 0.494 e. The Balaban J connectivity index is 1.46. The molecule has 1 aliphatic rings. The number of nitrogens with zero attached hydrogens (tertiary/aromatic N) is 2. The van der Waals surface area contributed by atoms with Gasteiger partial charge in [-0.3, -0.25) is 10.8 Å². The molecule has 0 saturated carbocycles. The van der Waals surface area contributed by atoms with Gasteiger partial charge >= 0.3 is 0 Å². The lowest BCUT2D eigenvalue weighted by Crippen LogP contribution is -2.44. The van der Waals surface area contributed by atoms with E-state index in [2.05, 4.69) is 12.6 Å². The minimum absolute atomic E-state index is 0.0369. The molecule has 1 saturated heterocycles. The van der Waals surface area contributed by atoms with Gasteiger partial charge in [-0.05, 0) is 59.2 Å². The maximum atomic E-state index is 11.2. The van der Waals surface area contributed by atoms with Crippen molar-refractivity contribution in [2.45, 2.75) is 32.4 Å². The molecule has 0 bridgehead atoms. The molecule has 7 N–H and O–H groups in total. The van der Waals surface area contributed by atoms with E-state index in [1.54, 1.807) is 0 Å². The minimum Gasteiger partial charge on any atom is -0.494 e. The van der Waals surface area contributed by atoms with Crippen molar-refractivity contribution in [1.29, 1.82) is 10.8 Å². The van der Waals surface area contributed by atoms with Crippen molar-refractivity contribution in [1.82, 2.24) is 9.47 Å². The van der Waals surface area contributed by atoms with Gasteiger partial charge in [0, 0.05) is 42.4 Å². The van der Waals surface area contributed by atoms with Crippen LogP contribution >= 0.6 is 0 Å². The molecular weight excluding hydrogens is 464 g/mol. The van der Waals surface area contributed by atoms with Gasteiger partial charge in [0.15, 0.2) is 11.8 Å². The van der Waals surface area contributed by atoms with Crippen LogP contribution in [-0.2, 0) is 6.54 Å². The molecule has 0 radical (unpaired) electrons. The molecular formula is C29H32N6O2. The average molecular weight is 497 g/mol. The second-order valence-corrected chi connectivity index (χ2v) is 9.74. The standard InChI is InChI=1S/C29H32N6O2/c1-17(2)26-24-15-23(37-22-9-11-34(12-10-22)29(32)33)7-8-25(24)35(28(26)36)16-18-3-4-19-5-6-20(27(30)31)14-21(19)13-18/h3-8,13-15,22,36H,1,9-12,16H2,2H3,(H3,30,31)(H3,32,33). The Morgan fingerprint density at radius 1 is 1.03 bits per heavy atom. The van der Waals surface area contributed by atoms with Crippen molar-refractivity contribution in [3.05, 3.63) is 77.9 Å². The lowest BCUT2D eigenvalue weighted by molar-refractivity contribution is 0.130. The summed E-state index contributed by atoms with van der Waals surface area (Å²) in [6, 6.07) is 17.8. The van der Waals surface area contributed by atoms with Crippen LogP contribution < -0.4 is 16.2 Å². The molecule has 37 heavy (non-hydrogen) atoms. The number of hydrogen-bond acceptors (Lipinski definition) is 4. The van der Waals surface area contributed by atoms with Gasteiger partial charge in [0.2, 0.25) is 0 Å². The summed E-state index contributed by atoms with van der Waals surface area (Å²) in [7, 11) is 0. The van der Waals surface area contributed by atoms with E-state index in [1.807, 2.05) is 64.9 Å². The van der Waals surface area contributed by atoms with Crippen molar-refractivity contribution in [2.24, 2.45) is 11.5 Å². The first-order valence-corrected chi connectivity index (χ1v) is 12.3. The van der Waals surface area contributed by atoms with Crippen molar-refractivity contribution in [2.75, 3.05) is 13.1 Å². The fraction of sp³-hybridized carbons (Fsp3) is 0.241. The first-order valence-electron chi connectivity index (χ1n) is 12.3. The van der Waals surface area contributed by atoms with Crippen LogP contribution in [0.15, 0.2) is 61.2 Å². The van der Waals surface area contributed by atoms with E-state index < -0.39 is 0 Å². The van der Waals surface area contributed by atoms with Crippen LogP contribution in [0.2, 0.25) is 0 Å². The number of aromatic nitrogens is 1. The van der Waals surface area contributed by atoms with Gasteiger partial charge < -0.3 is 30.8 Å². The predicted molar refractivity (Wildman–Crippen MR) is 150 cm³/mol. The third kappa shape index (κ3) is 4.70. The van der Waals surface area contributed by atoms with E-state index in [9.17, 15) is 5.11 Å². The maximum absolute atomic E-state index is 11.2. The number of fused-ring (bicyclic) bond motifs is 2. The van der Waals surface area contributed by atoms with E-state index in [-0.39, 0.29) is 23.8 Å². The summed E-state index contributed by atoms with van der Waals surface area (Å²) in [5.74, 6) is 1.06. The van der Waals surface area contributed by atoms with Crippen molar-refractivity contribution in [3.8, 4) is 11.6 Å². The Kier molecular flexibility index (Phi) is 6.25. The van der Waals surface area contributed by atoms with Crippen LogP contribution in [0.1, 0.15) is 36.5 Å². The maximum Gasteiger partial charge on any atom is 0.200 e. The smallest absolute Gasteiger partial charge is 0.200 e. The lowest BCUT2D eigenvalue weighted by atomic mass is 10.0. The van der Waals surface area contributed by atoms with E-state index >= 15 is 0 Å². The van der Waals surface area contributed by atoms with E-state index in [0.717, 1.165) is 51.4 Å². The number of guanidine groups is 1. The summed E-state index contributed by atoms with van der Waals surface area (Å²) in [6.07, 6.45) is 1.64. The molecule has 1 fully saturated rings. The molecule has 3 aromatic carbocycles. The summed E-state index contributed by atoms with van der Waals surface area (Å²) < 4.78 is 8.18. The number of benzene rings is 3. The van der Waals surface area contributed by atoms with Gasteiger partial charge in [-0.2, -0.15) is 0 Å². The fourth-order valence-electron chi connectivity index (χ4n) is 5.13. The molecule has 8 nitrogen and oxygen atoms in total. The van der Waals surface area contributed by atoms with Crippen LogP contribution in [0, 0.1) is 10.8 Å². The molecule has 190 valence electrons. The van der Waals surface area contributed by atoms with Crippen LogP contribution in [0.3, 0.4) is 0 Å². The number of likely N-dealkylation sites (tertiary alicyclic amines) is 1. The molecule has 0 unspecified atom stereocenters. The van der Waals surface area contributed by atoms with Gasteiger partial charge in [0.05, 0.1) is 12.1 Å². The van der Waals surface area contributed by atoms with Gasteiger partial charge in [0.1, 0.15) is 17.7 Å². The summed E-state index contributed by atoms with van der Waals surface area (Å²) in [6.45, 7) is 7.88. The molecule has 5 rings (SSSR count). The zero-order chi connectivity index (χ0) is 26.3. The molecule has 0 amide bonds. The number of hydrogen-bond donors (Lipinski definition) is 5. The fourth-order valence-corrected chi connectivity index (χ4v) is 5.13. The van der Waals surface area contributed by atoms with Gasteiger partial charge in [-0.1, -0.05) is 30.8 Å². The molecule has 2 heterocycles. The molecule has 0 atom stereocenters. The average Bonchev–Trinajstić information content (AvgIpc) is 3.14. The van der Waals surface area contributed by atoms with Crippen molar-refractivity contribution < 1.29 is 9.84 Å². The zero-order valence-corrected chi connectivity index (χ0v) is 20.9. The summed E-state index contributed by atoms with van der Waals surface area (Å²) >= 11 is 0. The lowest BCUT2D eigenvalue weighted by Gasteiger charge is -2.32. The third-order valence-electron chi connectivity index (χ3n) is 7.08. The van der Waals surface area contributed by atoms with Gasteiger partial charge in [-0.25, -0.2) is 0 Å². The van der Waals surface area contributed by atoms with Crippen molar-refractivity contribution >= 4 is 39.0 Å². The first kappa shape index (κ1) is 24.2. The monoisotopic (exact) mass is 496 g/mol. The minimum atomic E-state index is 0.0369. The van der Waals surface area contributed by atoms with Gasteiger partial charge in [-0.15, -0.1) is 0 Å². The first-order chi connectivity index (χ1) is 17.7. The Hall–Kier alpha value is -4.46. The molecule has 0 spiro atoms. The number of nitrogens with two attached hydrogens (primary N) is 2. The highest BCUT2D eigenvalue weighted by Crippen LogP contribution is 2.38. The highest BCUT2D eigenvalue weighted by atomic mass is 16.5. The van der Waals surface area contributed by atoms with Gasteiger partial charge in [0.25, 0.3) is 0 Å². The SMILES string of the molecule is C=C(C)c1c(O)n(Cc2ccc3ccc(C(=N)N)cc3c2)c2ccc(OC3CCN(C(=N)N)CC3)cc12. The Bertz CT molecular complexity index is 1550.